The Labute approximate surface area is 282 Å². The Balaban J connectivity index is 0.000000205. The van der Waals surface area contributed by atoms with Crippen LogP contribution < -0.4 is 34.6 Å². The van der Waals surface area contributed by atoms with Crippen molar-refractivity contribution in [1.82, 2.24) is 0 Å². The number of hydrogen-bond donors (Lipinski definition) is 2. The number of aromatic hydroxyl groups is 1. The first-order chi connectivity index (χ1) is 23.4. The molecule has 1 aliphatic heterocycles. The third-order valence-electron chi connectivity index (χ3n) is 7.43. The number of phenolic OH excluding ortho intramolecular Hbond substituents is 1. The molecule has 0 saturated carbocycles. The summed E-state index contributed by atoms with van der Waals surface area (Å²) < 4.78 is 33.4. The molecule has 0 fully saturated rings. The Hall–Kier alpha value is -6.23. The van der Waals surface area contributed by atoms with Crippen LogP contribution in [0.3, 0.4) is 0 Å². The molecule has 0 atom stereocenters. The van der Waals surface area contributed by atoms with Crippen LogP contribution in [-0.4, -0.2) is 43.9 Å². The van der Waals surface area contributed by atoms with Gasteiger partial charge in [-0.1, -0.05) is 24.3 Å². The number of ether oxygens (including phenoxy) is 5. The van der Waals surface area contributed by atoms with Gasteiger partial charge in [0.1, 0.15) is 62.2 Å². The minimum atomic E-state index is -0.643. The molecule has 1 amide bonds. The minimum absolute atomic E-state index is 0.0958. The molecule has 0 spiro atoms. The summed E-state index contributed by atoms with van der Waals surface area (Å²) >= 11 is 0. The normalized spacial score (nSPS) is 12.4. The molecule has 0 bridgehead atoms. The number of carbonyl (C=O) groups excluding carboxylic acids is 2. The highest BCUT2D eigenvalue weighted by Gasteiger charge is 2.29. The van der Waals surface area contributed by atoms with E-state index >= 15 is 0 Å². The maximum absolute atomic E-state index is 12.9. The minimum Gasteiger partial charge on any atom is -0.507 e. The van der Waals surface area contributed by atoms with Crippen LogP contribution in [0.1, 0.15) is 36.7 Å². The fourth-order valence-corrected chi connectivity index (χ4v) is 5.18. The van der Waals surface area contributed by atoms with Gasteiger partial charge in [0, 0.05) is 18.7 Å². The number of carbonyl (C=O) groups is 2. The summed E-state index contributed by atoms with van der Waals surface area (Å²) in [6, 6.07) is 21.3. The van der Waals surface area contributed by atoms with Crippen molar-refractivity contribution in [3.8, 4) is 45.6 Å². The van der Waals surface area contributed by atoms with E-state index in [0.29, 0.717) is 56.5 Å². The molecule has 0 unspecified atom stereocenters. The van der Waals surface area contributed by atoms with Crippen LogP contribution in [0.2, 0.25) is 0 Å². The number of benzene rings is 4. The lowest BCUT2D eigenvalue weighted by Gasteiger charge is -2.29. The van der Waals surface area contributed by atoms with Crippen LogP contribution >= 0.6 is 0 Å². The number of para-hydroxylation sites is 1. The molecule has 0 radical (unpaired) electrons. The average Bonchev–Trinajstić information content (AvgIpc) is 3.07. The highest BCUT2D eigenvalue weighted by Crippen LogP contribution is 2.47. The van der Waals surface area contributed by atoms with Gasteiger partial charge in [0.05, 0.1) is 26.9 Å². The van der Waals surface area contributed by atoms with Crippen molar-refractivity contribution >= 4 is 34.6 Å². The highest BCUT2D eigenvalue weighted by atomic mass is 16.5. The number of anilines is 1. The van der Waals surface area contributed by atoms with E-state index in [1.54, 1.807) is 80.9 Å². The summed E-state index contributed by atoms with van der Waals surface area (Å²) in [5.41, 5.74) is 1.82. The fourth-order valence-electron chi connectivity index (χ4n) is 5.18. The average molecular weight is 666 g/mol. The fraction of sp³-hybridized carbons (Fsp3) is 0.184. The number of rotatable bonds is 7. The molecule has 0 aliphatic carbocycles. The molecule has 11 nitrogen and oxygen atoms in total. The first-order valence-corrected chi connectivity index (χ1v) is 15.1. The second-order valence-electron chi connectivity index (χ2n) is 11.4. The highest BCUT2D eigenvalue weighted by molar-refractivity contribution is 5.99. The van der Waals surface area contributed by atoms with Crippen molar-refractivity contribution in [3.63, 3.8) is 0 Å². The first kappa shape index (κ1) is 34.1. The van der Waals surface area contributed by atoms with Gasteiger partial charge >= 0.3 is 11.6 Å². The van der Waals surface area contributed by atoms with Crippen LogP contribution in [0, 0.1) is 0 Å². The molecule has 1 aliphatic rings. The van der Waals surface area contributed by atoms with Gasteiger partial charge in [-0.15, -0.1) is 0 Å². The standard InChI is InChI=1S/C23H22O6.C15H13NO4/c1-23(2)11-10-15-16(29-23)12-17-19(20(15)26-4)21(27-5)18(22(24)28-17)13-6-8-14(25-3)9-7-13;1-10(17)16-11-6-8-12(9-7-11)20-15(19)13-4-2-3-5-14(13)18/h6-12H,1-5H3;2-9,18H,1H3,(H,16,17). The molecule has 1 aromatic heterocycles. The van der Waals surface area contributed by atoms with E-state index < -0.39 is 17.2 Å². The Morgan fingerprint density at radius 3 is 2.10 bits per heavy atom. The van der Waals surface area contributed by atoms with Crippen LogP contribution in [-0.2, 0) is 4.79 Å². The molecule has 2 heterocycles. The van der Waals surface area contributed by atoms with Gasteiger partial charge in [-0.3, -0.25) is 4.79 Å². The Kier molecular flexibility index (Phi) is 9.93. The quantitative estimate of drug-likeness (QED) is 0.104. The van der Waals surface area contributed by atoms with Crippen LogP contribution in [0.15, 0.2) is 94.2 Å². The zero-order valence-electron chi connectivity index (χ0n) is 27.8. The Morgan fingerprint density at radius 2 is 1.49 bits per heavy atom. The van der Waals surface area contributed by atoms with Gasteiger partial charge in [0.15, 0.2) is 0 Å². The van der Waals surface area contributed by atoms with Crippen LogP contribution in [0.5, 0.6) is 34.5 Å². The lowest BCUT2D eigenvalue weighted by Crippen LogP contribution is -2.27. The van der Waals surface area contributed by atoms with E-state index in [4.69, 9.17) is 28.1 Å². The van der Waals surface area contributed by atoms with Gasteiger partial charge in [0.25, 0.3) is 0 Å². The molecule has 49 heavy (non-hydrogen) atoms. The van der Waals surface area contributed by atoms with Gasteiger partial charge in [-0.05, 0) is 80.1 Å². The summed E-state index contributed by atoms with van der Waals surface area (Å²) in [6.45, 7) is 5.31. The lowest BCUT2D eigenvalue weighted by atomic mass is 9.98. The van der Waals surface area contributed by atoms with Gasteiger partial charge < -0.3 is 38.5 Å². The van der Waals surface area contributed by atoms with Crippen molar-refractivity contribution in [2.24, 2.45) is 0 Å². The summed E-state index contributed by atoms with van der Waals surface area (Å²) in [4.78, 5) is 35.6. The molecular weight excluding hydrogens is 630 g/mol. The first-order valence-electron chi connectivity index (χ1n) is 15.1. The summed E-state index contributed by atoms with van der Waals surface area (Å²) in [5, 5.41) is 12.7. The second kappa shape index (κ2) is 14.3. The Morgan fingerprint density at radius 1 is 0.837 bits per heavy atom. The predicted molar refractivity (Wildman–Crippen MR) is 185 cm³/mol. The maximum Gasteiger partial charge on any atom is 0.347 e. The molecule has 4 aromatic carbocycles. The van der Waals surface area contributed by atoms with E-state index in [-0.39, 0.29) is 17.2 Å². The SMILES string of the molecule is CC(=O)Nc1ccc(OC(=O)c2ccccc2O)cc1.COc1ccc(-c2c(OC)c3c(OC)c4c(cc3oc2=O)OC(C)(C)C=C4)cc1. The second-order valence-corrected chi connectivity index (χ2v) is 11.4. The maximum atomic E-state index is 12.9. The predicted octanol–water partition coefficient (Wildman–Crippen LogP) is 7.24. The number of phenols is 1. The largest absolute Gasteiger partial charge is 0.507 e. The monoisotopic (exact) mass is 665 g/mol. The van der Waals surface area contributed by atoms with E-state index in [0.717, 1.165) is 5.56 Å². The van der Waals surface area contributed by atoms with Crippen LogP contribution in [0.25, 0.3) is 28.2 Å². The third kappa shape index (κ3) is 7.51. The molecule has 5 aromatic rings. The van der Waals surface area contributed by atoms with E-state index in [9.17, 15) is 19.5 Å². The number of fused-ring (bicyclic) bond motifs is 2. The topological polar surface area (TPSA) is 143 Å². The van der Waals surface area contributed by atoms with Crippen molar-refractivity contribution in [3.05, 3.63) is 106 Å². The number of methoxy groups -OCH3 is 3. The number of amides is 1. The van der Waals surface area contributed by atoms with E-state index in [1.807, 2.05) is 26.0 Å². The van der Waals surface area contributed by atoms with Gasteiger partial charge in [-0.25, -0.2) is 9.59 Å². The summed E-state index contributed by atoms with van der Waals surface area (Å²) in [5.74, 6) is 1.57. The van der Waals surface area contributed by atoms with Crippen LogP contribution in [0.4, 0.5) is 5.69 Å². The molecule has 252 valence electrons. The lowest BCUT2D eigenvalue weighted by molar-refractivity contribution is -0.114. The summed E-state index contributed by atoms with van der Waals surface area (Å²) in [6.07, 6.45) is 3.91. The van der Waals surface area contributed by atoms with E-state index in [2.05, 4.69) is 5.32 Å². The molecule has 11 heteroatoms. The van der Waals surface area contributed by atoms with Crippen molar-refractivity contribution < 1.29 is 42.8 Å². The smallest absolute Gasteiger partial charge is 0.347 e. The number of nitrogens with one attached hydrogen (secondary N) is 1. The summed E-state index contributed by atoms with van der Waals surface area (Å²) in [7, 11) is 4.68. The molecule has 6 rings (SSSR count). The molecule has 2 N–H and O–H groups in total. The molecular formula is C38H35NO10. The number of hydrogen-bond acceptors (Lipinski definition) is 10. The van der Waals surface area contributed by atoms with E-state index in [1.165, 1.54) is 26.2 Å². The Bertz CT molecular complexity index is 2100. The van der Waals surface area contributed by atoms with Gasteiger partial charge in [0.2, 0.25) is 5.91 Å². The molecule has 0 saturated heterocycles. The van der Waals surface area contributed by atoms with Crippen molar-refractivity contribution in [2.75, 3.05) is 26.6 Å². The van der Waals surface area contributed by atoms with Gasteiger partial charge in [-0.2, -0.15) is 0 Å². The van der Waals surface area contributed by atoms with Crippen molar-refractivity contribution in [1.29, 1.82) is 0 Å². The number of esters is 1. The van der Waals surface area contributed by atoms with Crippen molar-refractivity contribution in [2.45, 2.75) is 26.4 Å². The zero-order chi connectivity index (χ0) is 35.3. The third-order valence-corrected chi connectivity index (χ3v) is 7.43. The zero-order valence-corrected chi connectivity index (χ0v) is 27.8.